The summed E-state index contributed by atoms with van der Waals surface area (Å²) in [6, 6.07) is 52.8. The molecule has 0 aliphatic heterocycles. The van der Waals surface area contributed by atoms with Gasteiger partial charge >= 0.3 is 0 Å². The van der Waals surface area contributed by atoms with Gasteiger partial charge in [-0.25, -0.2) is 0 Å². The van der Waals surface area contributed by atoms with E-state index < -0.39 is 0 Å². The van der Waals surface area contributed by atoms with Crippen LogP contribution in [0.4, 0.5) is 0 Å². The van der Waals surface area contributed by atoms with Crippen LogP contribution in [0.15, 0.2) is 146 Å². The van der Waals surface area contributed by atoms with Crippen molar-refractivity contribution < 1.29 is 0 Å². The Hall–Kier alpha value is -5.34. The Labute approximate surface area is 230 Å². The normalized spacial score (nSPS) is 12.0. The van der Waals surface area contributed by atoms with Crippen LogP contribution in [0.1, 0.15) is 0 Å². The van der Waals surface area contributed by atoms with Gasteiger partial charge in [0.1, 0.15) is 0 Å². The molecule has 0 amide bonds. The van der Waals surface area contributed by atoms with Gasteiger partial charge in [-0.1, -0.05) is 115 Å². The highest BCUT2D eigenvalue weighted by molar-refractivity contribution is 6.38. The molecule has 0 saturated heterocycles. The van der Waals surface area contributed by atoms with E-state index in [9.17, 15) is 0 Å². The fourth-order valence-corrected chi connectivity index (χ4v) is 6.88. The molecule has 2 nitrogen and oxygen atoms in total. The van der Waals surface area contributed by atoms with Gasteiger partial charge in [-0.05, 0) is 41.1 Å². The molecular formula is C38H24N2. The van der Waals surface area contributed by atoms with Crippen LogP contribution < -0.4 is 0 Å². The van der Waals surface area contributed by atoms with Gasteiger partial charge in [0.15, 0.2) is 0 Å². The largest absolute Gasteiger partial charge is 0.309 e. The standard InChI is InChI=1S/C38H24N2/c1-3-14-26(15-4-1)39-33-22-12-11-21-31(33)34-29-19-9-10-20-30(29)37-35(38(34)39)32-24-23-25-13-7-8-18-28(25)36(32)40(37)27-16-5-2-6-17-27/h1-24H. The molecule has 0 unspecified atom stereocenters. The maximum atomic E-state index is 2.50. The van der Waals surface area contributed by atoms with Crippen molar-refractivity contribution in [1.29, 1.82) is 0 Å². The van der Waals surface area contributed by atoms with Crippen LogP contribution in [0.2, 0.25) is 0 Å². The third-order valence-electron chi connectivity index (χ3n) is 8.45. The predicted octanol–water partition coefficient (Wildman–Crippen LogP) is 10.2. The average Bonchev–Trinajstić information content (AvgIpc) is 3.56. The van der Waals surface area contributed by atoms with Gasteiger partial charge in [0.05, 0.1) is 22.1 Å². The quantitative estimate of drug-likeness (QED) is 0.220. The molecule has 0 radical (unpaired) electrons. The van der Waals surface area contributed by atoms with Crippen LogP contribution in [0.3, 0.4) is 0 Å². The van der Waals surface area contributed by atoms with Crippen molar-refractivity contribution in [2.24, 2.45) is 0 Å². The SMILES string of the molecule is c1ccc(-n2c3ccccc3c3c4ccccc4c4c(c5ccc6ccccc6c5n4-c4ccccc4)c32)cc1. The Morgan fingerprint density at radius 2 is 0.875 bits per heavy atom. The lowest BCUT2D eigenvalue weighted by molar-refractivity contribution is 1.18. The Balaban J connectivity index is 1.69. The molecule has 40 heavy (non-hydrogen) atoms. The number of nitrogens with zero attached hydrogens (tertiary/aromatic N) is 2. The lowest BCUT2D eigenvalue weighted by Gasteiger charge is -2.13. The Kier molecular flexibility index (Phi) is 4.36. The molecule has 0 fully saturated rings. The molecule has 7 aromatic carbocycles. The third kappa shape index (κ3) is 2.77. The first kappa shape index (κ1) is 21.6. The minimum absolute atomic E-state index is 1.17. The summed E-state index contributed by atoms with van der Waals surface area (Å²) in [4.78, 5) is 0. The first-order valence-corrected chi connectivity index (χ1v) is 13.8. The number of para-hydroxylation sites is 3. The summed E-state index contributed by atoms with van der Waals surface area (Å²) in [7, 11) is 0. The molecular weight excluding hydrogens is 484 g/mol. The lowest BCUT2D eigenvalue weighted by atomic mass is 9.98. The molecule has 0 aliphatic rings. The summed E-state index contributed by atoms with van der Waals surface area (Å²) < 4.78 is 4.98. The van der Waals surface area contributed by atoms with E-state index in [1.165, 1.54) is 76.5 Å². The van der Waals surface area contributed by atoms with Crippen molar-refractivity contribution in [3.8, 4) is 11.4 Å². The minimum atomic E-state index is 1.17. The lowest BCUT2D eigenvalue weighted by Crippen LogP contribution is -1.96. The molecule has 0 spiro atoms. The Morgan fingerprint density at radius 3 is 1.62 bits per heavy atom. The molecule has 0 aliphatic carbocycles. The van der Waals surface area contributed by atoms with Gasteiger partial charge in [0.25, 0.3) is 0 Å². The monoisotopic (exact) mass is 508 g/mol. The van der Waals surface area contributed by atoms with Crippen LogP contribution in [-0.4, -0.2) is 9.13 Å². The van der Waals surface area contributed by atoms with Crippen LogP contribution in [0.5, 0.6) is 0 Å². The molecule has 0 bridgehead atoms. The first-order chi connectivity index (χ1) is 19.9. The molecule has 9 aromatic rings. The average molecular weight is 509 g/mol. The van der Waals surface area contributed by atoms with E-state index >= 15 is 0 Å². The van der Waals surface area contributed by atoms with Gasteiger partial charge in [0.2, 0.25) is 0 Å². The van der Waals surface area contributed by atoms with Crippen molar-refractivity contribution >= 4 is 65.2 Å². The molecule has 0 atom stereocenters. The van der Waals surface area contributed by atoms with E-state index in [-0.39, 0.29) is 0 Å². The highest BCUT2D eigenvalue weighted by Gasteiger charge is 2.24. The van der Waals surface area contributed by atoms with Gasteiger partial charge in [-0.3, -0.25) is 0 Å². The topological polar surface area (TPSA) is 9.86 Å². The summed E-state index contributed by atoms with van der Waals surface area (Å²) >= 11 is 0. The number of benzene rings is 7. The van der Waals surface area contributed by atoms with Crippen molar-refractivity contribution in [3.63, 3.8) is 0 Å². The van der Waals surface area contributed by atoms with Gasteiger partial charge in [-0.2, -0.15) is 0 Å². The summed E-state index contributed by atoms with van der Waals surface area (Å²) in [5.41, 5.74) is 7.33. The van der Waals surface area contributed by atoms with Gasteiger partial charge in [0, 0.05) is 43.7 Å². The number of hydrogen-bond acceptors (Lipinski definition) is 0. The second-order valence-corrected chi connectivity index (χ2v) is 10.5. The van der Waals surface area contributed by atoms with E-state index in [0.717, 1.165) is 0 Å². The molecule has 0 N–H and O–H groups in total. The zero-order valence-corrected chi connectivity index (χ0v) is 21.8. The predicted molar refractivity (Wildman–Crippen MR) is 170 cm³/mol. The van der Waals surface area contributed by atoms with Crippen LogP contribution in [-0.2, 0) is 0 Å². The second-order valence-electron chi connectivity index (χ2n) is 10.5. The first-order valence-electron chi connectivity index (χ1n) is 13.8. The molecule has 9 rings (SSSR count). The van der Waals surface area contributed by atoms with E-state index in [1.807, 2.05) is 0 Å². The van der Waals surface area contributed by atoms with E-state index in [0.29, 0.717) is 0 Å². The van der Waals surface area contributed by atoms with Crippen molar-refractivity contribution in [2.45, 2.75) is 0 Å². The van der Waals surface area contributed by atoms with E-state index in [1.54, 1.807) is 0 Å². The maximum Gasteiger partial charge on any atom is 0.0647 e. The van der Waals surface area contributed by atoms with Crippen LogP contribution in [0.25, 0.3) is 76.5 Å². The zero-order chi connectivity index (χ0) is 26.2. The number of hydrogen-bond donors (Lipinski definition) is 0. The van der Waals surface area contributed by atoms with Crippen molar-refractivity contribution in [2.75, 3.05) is 0 Å². The number of aromatic nitrogens is 2. The fraction of sp³-hybridized carbons (Fsp3) is 0. The van der Waals surface area contributed by atoms with Crippen molar-refractivity contribution in [1.82, 2.24) is 9.13 Å². The smallest absolute Gasteiger partial charge is 0.0647 e. The second kappa shape index (κ2) is 8.08. The molecule has 0 saturated carbocycles. The van der Waals surface area contributed by atoms with Crippen LogP contribution in [0, 0.1) is 0 Å². The molecule has 2 heterocycles. The highest BCUT2D eigenvalue weighted by Crippen LogP contribution is 2.47. The van der Waals surface area contributed by atoms with E-state index in [2.05, 4.69) is 155 Å². The summed E-state index contributed by atoms with van der Waals surface area (Å²) in [5, 5.41) is 10.2. The van der Waals surface area contributed by atoms with Gasteiger partial charge < -0.3 is 9.13 Å². The van der Waals surface area contributed by atoms with Gasteiger partial charge in [-0.15, -0.1) is 0 Å². The summed E-state index contributed by atoms with van der Waals surface area (Å²) in [6.45, 7) is 0. The minimum Gasteiger partial charge on any atom is -0.309 e. The molecule has 2 aromatic heterocycles. The zero-order valence-electron chi connectivity index (χ0n) is 21.8. The molecule has 186 valence electrons. The number of rotatable bonds is 2. The van der Waals surface area contributed by atoms with E-state index in [4.69, 9.17) is 0 Å². The van der Waals surface area contributed by atoms with Crippen LogP contribution >= 0.6 is 0 Å². The number of fused-ring (bicyclic) bond motifs is 12. The fourth-order valence-electron chi connectivity index (χ4n) is 6.88. The Morgan fingerprint density at radius 1 is 0.300 bits per heavy atom. The molecule has 2 heteroatoms. The Bertz CT molecular complexity index is 2410. The maximum absolute atomic E-state index is 2.50. The van der Waals surface area contributed by atoms with Crippen molar-refractivity contribution in [3.05, 3.63) is 146 Å². The summed E-state index contributed by atoms with van der Waals surface area (Å²) in [6.07, 6.45) is 0. The summed E-state index contributed by atoms with van der Waals surface area (Å²) in [5.74, 6) is 0. The highest BCUT2D eigenvalue weighted by atomic mass is 15.0. The third-order valence-corrected chi connectivity index (χ3v) is 8.45.